The summed E-state index contributed by atoms with van der Waals surface area (Å²) in [7, 11) is 4.75. The van der Waals surface area contributed by atoms with Crippen molar-refractivity contribution in [2.24, 2.45) is 13.0 Å². The fourth-order valence-electron chi connectivity index (χ4n) is 5.18. The quantitative estimate of drug-likeness (QED) is 0.410. The largest absolute Gasteiger partial charge is 0.493 e. The van der Waals surface area contributed by atoms with Crippen molar-refractivity contribution < 1.29 is 9.47 Å². The van der Waals surface area contributed by atoms with Crippen LogP contribution in [0.3, 0.4) is 0 Å². The number of ether oxygens (including phenoxy) is 2. The van der Waals surface area contributed by atoms with Crippen LogP contribution in [0.15, 0.2) is 27.9 Å². The molecule has 1 N–H and O–H groups in total. The third-order valence-electron chi connectivity index (χ3n) is 7.04. The second-order valence-corrected chi connectivity index (χ2v) is 10.1. The average molecular weight is 507 g/mol. The Kier molecular flexibility index (Phi) is 6.66. The molecule has 1 saturated heterocycles. The molecule has 4 heterocycles. The number of rotatable bonds is 7. The minimum atomic E-state index is -0.381. The zero-order valence-electron chi connectivity index (χ0n) is 22.1. The molecule has 1 aliphatic heterocycles. The molecule has 0 radical (unpaired) electrons. The predicted molar refractivity (Wildman–Crippen MR) is 144 cm³/mol. The summed E-state index contributed by atoms with van der Waals surface area (Å²) in [4.78, 5) is 40.8. The van der Waals surface area contributed by atoms with Crippen LogP contribution in [0.25, 0.3) is 21.9 Å². The monoisotopic (exact) mass is 506 g/mol. The molecule has 10 nitrogen and oxygen atoms in total. The summed E-state index contributed by atoms with van der Waals surface area (Å²) >= 11 is 0. The fraction of sp³-hybridized carbons (Fsp3) is 0.481. The number of piperidine rings is 1. The van der Waals surface area contributed by atoms with Crippen LogP contribution >= 0.6 is 0 Å². The summed E-state index contributed by atoms with van der Waals surface area (Å²) in [6.45, 7) is 6.46. The van der Waals surface area contributed by atoms with Gasteiger partial charge in [-0.15, -0.1) is 0 Å². The smallest absolute Gasteiger partial charge is 0.332 e. The number of imidazole rings is 1. The van der Waals surface area contributed by atoms with E-state index in [9.17, 15) is 9.59 Å². The standard InChI is InChI=1S/C27H34N6O4/c1-16(2)15-33-25-23(26(34)31(3)27(33)35)29-22(30-25)11-17-14-28-24(32-9-7-6-8-10-32)19-13-21(37-5)20(36-4)12-18(17)19/h12-14,16H,6-11,15H2,1-5H3,(H,29,30). The van der Waals surface area contributed by atoms with E-state index in [2.05, 4.69) is 9.88 Å². The Bertz CT molecular complexity index is 1580. The third kappa shape index (κ3) is 4.45. The number of fused-ring (bicyclic) bond motifs is 2. The summed E-state index contributed by atoms with van der Waals surface area (Å²) in [6, 6.07) is 3.97. The molecule has 0 bridgehead atoms. The van der Waals surface area contributed by atoms with Crippen molar-refractivity contribution >= 4 is 27.8 Å². The zero-order valence-corrected chi connectivity index (χ0v) is 22.1. The van der Waals surface area contributed by atoms with Crippen molar-refractivity contribution in [3.63, 3.8) is 0 Å². The maximum absolute atomic E-state index is 12.9. The number of methoxy groups -OCH3 is 2. The van der Waals surface area contributed by atoms with Crippen LogP contribution in [0, 0.1) is 5.92 Å². The lowest BCUT2D eigenvalue weighted by Crippen LogP contribution is -2.38. The lowest BCUT2D eigenvalue weighted by atomic mass is 10.0. The highest BCUT2D eigenvalue weighted by Gasteiger charge is 2.21. The van der Waals surface area contributed by atoms with Gasteiger partial charge in [-0.1, -0.05) is 13.8 Å². The van der Waals surface area contributed by atoms with Gasteiger partial charge in [0.05, 0.1) is 14.2 Å². The first kappa shape index (κ1) is 24.9. The van der Waals surface area contributed by atoms with E-state index in [4.69, 9.17) is 19.4 Å². The number of aromatic amines is 1. The van der Waals surface area contributed by atoms with E-state index in [1.807, 2.05) is 32.2 Å². The van der Waals surface area contributed by atoms with Gasteiger partial charge in [-0.25, -0.2) is 14.8 Å². The Labute approximate surface area is 214 Å². The number of nitrogens with zero attached hydrogens (tertiary/aromatic N) is 5. The molecule has 3 aromatic heterocycles. The number of nitrogens with one attached hydrogen (secondary N) is 1. The molecule has 0 aliphatic carbocycles. The molecule has 1 fully saturated rings. The molecule has 5 rings (SSSR count). The molecule has 0 amide bonds. The lowest BCUT2D eigenvalue weighted by Gasteiger charge is -2.29. The first-order valence-electron chi connectivity index (χ1n) is 12.8. The van der Waals surface area contributed by atoms with Crippen LogP contribution in [0.2, 0.25) is 0 Å². The highest BCUT2D eigenvalue weighted by Crippen LogP contribution is 2.38. The number of H-pyrrole nitrogens is 1. The molecule has 1 aliphatic rings. The van der Waals surface area contributed by atoms with Crippen LogP contribution in [0.4, 0.5) is 5.82 Å². The van der Waals surface area contributed by atoms with Crippen LogP contribution in [0.5, 0.6) is 11.5 Å². The maximum atomic E-state index is 12.9. The lowest BCUT2D eigenvalue weighted by molar-refractivity contribution is 0.356. The van der Waals surface area contributed by atoms with E-state index in [-0.39, 0.29) is 17.2 Å². The van der Waals surface area contributed by atoms with E-state index in [0.29, 0.717) is 41.5 Å². The van der Waals surface area contributed by atoms with E-state index in [0.717, 1.165) is 52.7 Å². The van der Waals surface area contributed by atoms with Crippen molar-refractivity contribution in [2.45, 2.75) is 46.1 Å². The van der Waals surface area contributed by atoms with Crippen LogP contribution in [-0.2, 0) is 20.0 Å². The fourth-order valence-corrected chi connectivity index (χ4v) is 5.18. The summed E-state index contributed by atoms with van der Waals surface area (Å²) in [5.74, 6) is 3.03. The van der Waals surface area contributed by atoms with Gasteiger partial charge in [0, 0.05) is 44.7 Å². The maximum Gasteiger partial charge on any atom is 0.332 e. The molecule has 10 heteroatoms. The van der Waals surface area contributed by atoms with Crippen molar-refractivity contribution in [2.75, 3.05) is 32.2 Å². The van der Waals surface area contributed by atoms with Crippen LogP contribution in [0.1, 0.15) is 44.5 Å². The number of anilines is 1. The average Bonchev–Trinajstić information content (AvgIpc) is 3.33. The molecular formula is C27H34N6O4. The minimum Gasteiger partial charge on any atom is -0.493 e. The van der Waals surface area contributed by atoms with Crippen LogP contribution < -0.4 is 25.6 Å². The molecule has 4 aromatic rings. The first-order valence-corrected chi connectivity index (χ1v) is 12.8. The van der Waals surface area contributed by atoms with Gasteiger partial charge in [-0.05, 0) is 48.3 Å². The third-order valence-corrected chi connectivity index (χ3v) is 7.04. The SMILES string of the molecule is COc1cc2c(Cc3nc4c([nH]3)c(=O)n(C)c(=O)n4CC(C)C)cnc(N3CCCCC3)c2cc1OC. The van der Waals surface area contributed by atoms with E-state index >= 15 is 0 Å². The summed E-state index contributed by atoms with van der Waals surface area (Å²) in [5, 5.41) is 1.97. The zero-order chi connectivity index (χ0) is 26.3. The Hall–Kier alpha value is -3.82. The van der Waals surface area contributed by atoms with Gasteiger partial charge >= 0.3 is 5.69 Å². The molecule has 196 valence electrons. The first-order chi connectivity index (χ1) is 17.8. The molecule has 0 saturated carbocycles. The predicted octanol–water partition coefficient (Wildman–Crippen LogP) is 3.23. The van der Waals surface area contributed by atoms with Crippen LogP contribution in [-0.4, -0.2) is 51.4 Å². The normalized spacial score (nSPS) is 14.2. The molecular weight excluding hydrogens is 472 g/mol. The second kappa shape index (κ2) is 9.91. The van der Waals surface area contributed by atoms with Crippen molar-refractivity contribution in [3.8, 4) is 11.5 Å². The topological polar surface area (TPSA) is 107 Å². The van der Waals surface area contributed by atoms with Crippen molar-refractivity contribution in [1.82, 2.24) is 24.1 Å². The molecule has 0 spiro atoms. The molecule has 1 aromatic carbocycles. The number of aromatic nitrogens is 5. The van der Waals surface area contributed by atoms with Gasteiger partial charge in [0.1, 0.15) is 17.2 Å². The second-order valence-electron chi connectivity index (χ2n) is 10.1. The number of pyridine rings is 1. The highest BCUT2D eigenvalue weighted by atomic mass is 16.5. The Morgan fingerprint density at radius 1 is 1.03 bits per heavy atom. The van der Waals surface area contributed by atoms with Crippen molar-refractivity contribution in [3.05, 3.63) is 50.6 Å². The van der Waals surface area contributed by atoms with Gasteiger partial charge in [0.15, 0.2) is 17.1 Å². The molecule has 0 unspecified atom stereocenters. The van der Waals surface area contributed by atoms with E-state index < -0.39 is 0 Å². The number of benzene rings is 1. The van der Waals surface area contributed by atoms with Gasteiger partial charge in [0.25, 0.3) is 5.56 Å². The summed E-state index contributed by atoms with van der Waals surface area (Å²) in [5.41, 5.74) is 0.912. The summed E-state index contributed by atoms with van der Waals surface area (Å²) in [6.07, 6.45) is 5.81. The van der Waals surface area contributed by atoms with Crippen molar-refractivity contribution in [1.29, 1.82) is 0 Å². The molecule has 37 heavy (non-hydrogen) atoms. The summed E-state index contributed by atoms with van der Waals surface area (Å²) < 4.78 is 13.9. The minimum absolute atomic E-state index is 0.219. The highest BCUT2D eigenvalue weighted by molar-refractivity contribution is 5.97. The number of hydrogen-bond donors (Lipinski definition) is 1. The van der Waals surface area contributed by atoms with Gasteiger partial charge in [-0.2, -0.15) is 0 Å². The number of hydrogen-bond acceptors (Lipinski definition) is 7. The Morgan fingerprint density at radius 3 is 2.35 bits per heavy atom. The van der Waals surface area contributed by atoms with E-state index in [1.54, 1.807) is 18.8 Å². The van der Waals surface area contributed by atoms with Gasteiger partial charge < -0.3 is 19.4 Å². The van der Waals surface area contributed by atoms with Gasteiger partial charge in [0.2, 0.25) is 0 Å². The molecule has 0 atom stereocenters. The van der Waals surface area contributed by atoms with E-state index in [1.165, 1.54) is 13.5 Å². The Balaban J connectivity index is 1.66. The van der Waals surface area contributed by atoms with Gasteiger partial charge in [-0.3, -0.25) is 13.9 Å². The Morgan fingerprint density at radius 2 is 1.70 bits per heavy atom.